The van der Waals surface area contributed by atoms with Gasteiger partial charge in [0.2, 0.25) is 5.91 Å². The number of amides is 1. The molecule has 1 fully saturated rings. The Labute approximate surface area is 176 Å². The lowest BCUT2D eigenvalue weighted by molar-refractivity contribution is -0.116. The zero-order chi connectivity index (χ0) is 20.4. The van der Waals surface area contributed by atoms with Crippen molar-refractivity contribution in [1.29, 1.82) is 0 Å². The maximum atomic E-state index is 13.2. The van der Waals surface area contributed by atoms with Crippen LogP contribution in [0.2, 0.25) is 0 Å². The molecule has 8 heteroatoms. The van der Waals surface area contributed by atoms with Crippen molar-refractivity contribution in [2.24, 2.45) is 0 Å². The molecule has 2 aromatic carbocycles. The molecule has 0 unspecified atom stereocenters. The van der Waals surface area contributed by atoms with Gasteiger partial charge in [-0.1, -0.05) is 28.1 Å². The SMILES string of the molecule is Cc1cc(Br)ccc1NC(=O)Cn1c(=O)c(N2CCOCC2)nc2ccccc21. The number of halogens is 1. The zero-order valence-electron chi connectivity index (χ0n) is 16.0. The van der Waals surface area contributed by atoms with Crippen LogP contribution in [0.4, 0.5) is 11.5 Å². The molecule has 1 aromatic heterocycles. The Morgan fingerprint density at radius 1 is 1.21 bits per heavy atom. The number of benzene rings is 2. The third-order valence-corrected chi connectivity index (χ3v) is 5.40. The van der Waals surface area contributed by atoms with E-state index >= 15 is 0 Å². The van der Waals surface area contributed by atoms with Crippen molar-refractivity contribution in [3.05, 3.63) is 62.9 Å². The molecule has 29 heavy (non-hydrogen) atoms. The van der Waals surface area contributed by atoms with Crippen LogP contribution in [0.15, 0.2) is 51.7 Å². The Morgan fingerprint density at radius 2 is 1.97 bits per heavy atom. The van der Waals surface area contributed by atoms with E-state index in [4.69, 9.17) is 4.74 Å². The van der Waals surface area contributed by atoms with Crippen LogP contribution in [0.5, 0.6) is 0 Å². The van der Waals surface area contributed by atoms with Crippen molar-refractivity contribution >= 4 is 44.4 Å². The Kier molecular flexibility index (Phi) is 5.64. The summed E-state index contributed by atoms with van der Waals surface area (Å²) in [5.74, 6) is 0.0985. The number of anilines is 2. The highest BCUT2D eigenvalue weighted by molar-refractivity contribution is 9.10. The Bertz CT molecular complexity index is 1120. The Balaban J connectivity index is 1.69. The minimum Gasteiger partial charge on any atom is -0.378 e. The molecule has 7 nitrogen and oxygen atoms in total. The van der Waals surface area contributed by atoms with Gasteiger partial charge >= 0.3 is 0 Å². The van der Waals surface area contributed by atoms with Crippen LogP contribution < -0.4 is 15.8 Å². The van der Waals surface area contributed by atoms with Crippen LogP contribution in [0.3, 0.4) is 0 Å². The first kappa shape index (κ1) is 19.6. The van der Waals surface area contributed by atoms with Crippen molar-refractivity contribution in [1.82, 2.24) is 9.55 Å². The summed E-state index contributed by atoms with van der Waals surface area (Å²) >= 11 is 3.42. The highest BCUT2D eigenvalue weighted by Crippen LogP contribution is 2.20. The first-order valence-corrected chi connectivity index (χ1v) is 10.2. The van der Waals surface area contributed by atoms with Gasteiger partial charge in [-0.2, -0.15) is 0 Å². The van der Waals surface area contributed by atoms with Gasteiger partial charge < -0.3 is 15.0 Å². The van der Waals surface area contributed by atoms with Gasteiger partial charge in [0.15, 0.2) is 5.82 Å². The van der Waals surface area contributed by atoms with Gasteiger partial charge in [0.1, 0.15) is 6.54 Å². The first-order valence-electron chi connectivity index (χ1n) is 9.41. The van der Waals surface area contributed by atoms with Gasteiger partial charge in [-0.25, -0.2) is 4.98 Å². The third-order valence-electron chi connectivity index (χ3n) is 4.91. The number of nitrogens with zero attached hydrogens (tertiary/aromatic N) is 3. The number of hydrogen-bond acceptors (Lipinski definition) is 5. The van der Waals surface area contributed by atoms with Crippen LogP contribution >= 0.6 is 15.9 Å². The number of carbonyl (C=O) groups excluding carboxylic acids is 1. The molecule has 150 valence electrons. The van der Waals surface area contributed by atoms with Crippen molar-refractivity contribution in [2.45, 2.75) is 13.5 Å². The maximum Gasteiger partial charge on any atom is 0.294 e. The molecule has 0 spiro atoms. The van der Waals surface area contributed by atoms with Gasteiger partial charge in [-0.15, -0.1) is 0 Å². The molecule has 0 aliphatic carbocycles. The lowest BCUT2D eigenvalue weighted by Gasteiger charge is -2.28. The fourth-order valence-corrected chi connectivity index (χ4v) is 3.89. The number of aromatic nitrogens is 2. The molecule has 1 N–H and O–H groups in total. The number of aryl methyl sites for hydroxylation is 1. The molecule has 3 aromatic rings. The lowest BCUT2D eigenvalue weighted by Crippen LogP contribution is -2.42. The number of morpholine rings is 1. The number of rotatable bonds is 4. The molecule has 1 saturated heterocycles. The van der Waals surface area contributed by atoms with Gasteiger partial charge in [-0.3, -0.25) is 14.2 Å². The number of fused-ring (bicyclic) bond motifs is 1. The summed E-state index contributed by atoms with van der Waals surface area (Å²) in [5.41, 5.74) is 2.71. The maximum absolute atomic E-state index is 13.2. The van der Waals surface area contributed by atoms with Crippen molar-refractivity contribution < 1.29 is 9.53 Å². The van der Waals surface area contributed by atoms with Crippen LogP contribution in [0.25, 0.3) is 11.0 Å². The van der Waals surface area contributed by atoms with Crippen molar-refractivity contribution in [2.75, 3.05) is 36.5 Å². The molecule has 0 radical (unpaired) electrons. The number of para-hydroxylation sites is 2. The predicted octanol–water partition coefficient (Wildman–Crippen LogP) is 2.94. The monoisotopic (exact) mass is 456 g/mol. The van der Waals surface area contributed by atoms with Crippen molar-refractivity contribution in [3.8, 4) is 0 Å². The van der Waals surface area contributed by atoms with E-state index in [-0.39, 0.29) is 18.0 Å². The summed E-state index contributed by atoms with van der Waals surface area (Å²) in [6, 6.07) is 13.0. The topological polar surface area (TPSA) is 76.5 Å². The molecule has 1 aliphatic heterocycles. The van der Waals surface area contributed by atoms with E-state index < -0.39 is 0 Å². The standard InChI is InChI=1S/C21H21BrN4O3/c1-14-12-15(22)6-7-16(14)23-19(27)13-26-18-5-3-2-4-17(18)24-20(21(26)28)25-8-10-29-11-9-25/h2-7,12H,8-11,13H2,1H3,(H,23,27). The normalized spacial score (nSPS) is 14.2. The van der Waals surface area contributed by atoms with E-state index in [1.165, 1.54) is 4.57 Å². The highest BCUT2D eigenvalue weighted by Gasteiger charge is 2.20. The zero-order valence-corrected chi connectivity index (χ0v) is 17.6. The third kappa shape index (κ3) is 4.18. The number of ether oxygens (including phenoxy) is 1. The van der Waals surface area contributed by atoms with E-state index in [0.29, 0.717) is 43.2 Å². The molecule has 2 heterocycles. The van der Waals surface area contributed by atoms with Gasteiger partial charge in [0.25, 0.3) is 5.56 Å². The molecular weight excluding hydrogens is 436 g/mol. The van der Waals surface area contributed by atoms with E-state index in [1.807, 2.05) is 54.3 Å². The number of carbonyl (C=O) groups is 1. The van der Waals surface area contributed by atoms with E-state index in [9.17, 15) is 9.59 Å². The summed E-state index contributed by atoms with van der Waals surface area (Å²) in [7, 11) is 0. The fourth-order valence-electron chi connectivity index (χ4n) is 3.42. The summed E-state index contributed by atoms with van der Waals surface area (Å²) in [6.45, 7) is 4.14. The molecule has 0 atom stereocenters. The smallest absolute Gasteiger partial charge is 0.294 e. The fraction of sp³-hybridized carbons (Fsp3) is 0.286. The van der Waals surface area contributed by atoms with Crippen LogP contribution in [-0.4, -0.2) is 41.8 Å². The molecule has 0 saturated carbocycles. The van der Waals surface area contributed by atoms with Gasteiger partial charge in [0, 0.05) is 23.2 Å². The number of nitrogens with one attached hydrogen (secondary N) is 1. The minimum atomic E-state index is -0.270. The largest absolute Gasteiger partial charge is 0.378 e. The van der Waals surface area contributed by atoms with Gasteiger partial charge in [0.05, 0.1) is 24.2 Å². The molecule has 0 bridgehead atoms. The van der Waals surface area contributed by atoms with E-state index in [1.54, 1.807) is 0 Å². The van der Waals surface area contributed by atoms with Crippen molar-refractivity contribution in [3.63, 3.8) is 0 Å². The quantitative estimate of drug-likeness (QED) is 0.652. The lowest BCUT2D eigenvalue weighted by atomic mass is 10.2. The minimum absolute atomic E-state index is 0.0886. The predicted molar refractivity (Wildman–Crippen MR) is 117 cm³/mol. The highest BCUT2D eigenvalue weighted by atomic mass is 79.9. The molecule has 1 amide bonds. The van der Waals surface area contributed by atoms with Crippen LogP contribution in [-0.2, 0) is 16.1 Å². The van der Waals surface area contributed by atoms with E-state index in [0.717, 1.165) is 15.7 Å². The molecule has 1 aliphatic rings. The Morgan fingerprint density at radius 3 is 2.72 bits per heavy atom. The second-order valence-corrected chi connectivity index (χ2v) is 7.84. The summed E-state index contributed by atoms with van der Waals surface area (Å²) in [6.07, 6.45) is 0. The second-order valence-electron chi connectivity index (χ2n) is 6.92. The van der Waals surface area contributed by atoms with Crippen LogP contribution in [0.1, 0.15) is 5.56 Å². The van der Waals surface area contributed by atoms with E-state index in [2.05, 4.69) is 26.2 Å². The summed E-state index contributed by atoms with van der Waals surface area (Å²) < 4.78 is 7.82. The average molecular weight is 457 g/mol. The van der Waals surface area contributed by atoms with Gasteiger partial charge in [-0.05, 0) is 42.8 Å². The molecular formula is C21H21BrN4O3. The molecule has 4 rings (SSSR count). The number of hydrogen-bond donors (Lipinski definition) is 1. The Hall–Kier alpha value is -2.71. The second kappa shape index (κ2) is 8.34. The van der Waals surface area contributed by atoms with Crippen LogP contribution in [0, 0.1) is 6.92 Å². The average Bonchev–Trinajstić information content (AvgIpc) is 2.72. The summed E-state index contributed by atoms with van der Waals surface area (Å²) in [4.78, 5) is 32.5. The summed E-state index contributed by atoms with van der Waals surface area (Å²) in [5, 5.41) is 2.90. The first-order chi connectivity index (χ1) is 14.0.